The molecular weight excluding hydrogens is 488 g/mol. The number of halogens is 2. The van der Waals surface area contributed by atoms with Crippen LogP contribution in [0.4, 0.5) is 14.6 Å². The fourth-order valence-electron chi connectivity index (χ4n) is 5.08. The van der Waals surface area contributed by atoms with E-state index in [0.29, 0.717) is 40.5 Å². The monoisotopic (exact) mass is 513 g/mol. The first kappa shape index (κ1) is 23.9. The Bertz CT molecular complexity index is 1560. The van der Waals surface area contributed by atoms with Crippen molar-refractivity contribution in [3.63, 3.8) is 0 Å². The third-order valence-electron chi connectivity index (χ3n) is 6.88. The first-order valence-corrected chi connectivity index (χ1v) is 12.6. The molecule has 2 aromatic carbocycles. The summed E-state index contributed by atoms with van der Waals surface area (Å²) >= 11 is 0. The highest BCUT2D eigenvalue weighted by Gasteiger charge is 2.26. The SMILES string of the molecule is O=C(NC1CCCC(Nc2cc(-c3ccccc3)nc(-c3c[nH]c4c(F)cc(F)cc34)n2)C1)C1=CCN=N1. The van der Waals surface area contributed by atoms with Crippen molar-refractivity contribution < 1.29 is 13.6 Å². The predicted octanol–water partition coefficient (Wildman–Crippen LogP) is 5.76. The third-order valence-corrected chi connectivity index (χ3v) is 6.88. The van der Waals surface area contributed by atoms with E-state index < -0.39 is 11.6 Å². The molecule has 1 aliphatic carbocycles. The van der Waals surface area contributed by atoms with Crippen molar-refractivity contribution in [2.45, 2.75) is 37.8 Å². The standard InChI is InChI=1S/C28H25F2N7O/c29-17-11-20-21(15-31-26(20)22(30)12-17)27-35-24(16-5-2-1-3-6-16)14-25(36-27)33-18-7-4-8-19(13-18)34-28(38)23-9-10-32-37-23/h1-3,5-6,9,11-12,14-15,18-19,31H,4,7-8,10,13H2,(H,34,38)(H,33,35,36). The topological polar surface area (TPSA) is 107 Å². The Morgan fingerprint density at radius 2 is 1.87 bits per heavy atom. The van der Waals surface area contributed by atoms with Crippen LogP contribution < -0.4 is 10.6 Å². The van der Waals surface area contributed by atoms with Gasteiger partial charge in [-0.25, -0.2) is 18.7 Å². The maximum atomic E-state index is 14.4. The molecule has 3 heterocycles. The summed E-state index contributed by atoms with van der Waals surface area (Å²) in [5.41, 5.74) is 2.65. The molecule has 2 atom stereocenters. The van der Waals surface area contributed by atoms with E-state index in [1.54, 1.807) is 12.3 Å². The van der Waals surface area contributed by atoms with Gasteiger partial charge in [0.15, 0.2) is 5.82 Å². The first-order chi connectivity index (χ1) is 18.5. The lowest BCUT2D eigenvalue weighted by atomic mass is 9.91. The number of carbonyl (C=O) groups is 1. The highest BCUT2D eigenvalue weighted by Crippen LogP contribution is 2.32. The number of benzene rings is 2. The van der Waals surface area contributed by atoms with Crippen LogP contribution in [-0.4, -0.2) is 39.5 Å². The van der Waals surface area contributed by atoms with E-state index in [1.807, 2.05) is 36.4 Å². The third kappa shape index (κ3) is 4.89. The summed E-state index contributed by atoms with van der Waals surface area (Å²) in [5.74, 6) is -0.590. The number of hydrogen-bond acceptors (Lipinski definition) is 6. The van der Waals surface area contributed by atoms with Crippen molar-refractivity contribution >= 4 is 22.6 Å². The molecule has 1 saturated carbocycles. The molecule has 0 saturated heterocycles. The van der Waals surface area contributed by atoms with Crippen LogP contribution in [0.2, 0.25) is 0 Å². The van der Waals surface area contributed by atoms with E-state index in [-0.39, 0.29) is 23.5 Å². The molecule has 6 rings (SSSR count). The van der Waals surface area contributed by atoms with Gasteiger partial charge < -0.3 is 15.6 Å². The molecule has 38 heavy (non-hydrogen) atoms. The normalized spacial score (nSPS) is 18.9. The Morgan fingerprint density at radius 1 is 1.03 bits per heavy atom. The van der Waals surface area contributed by atoms with Crippen LogP contribution >= 0.6 is 0 Å². The van der Waals surface area contributed by atoms with Crippen molar-refractivity contribution in [2.24, 2.45) is 10.2 Å². The molecular formula is C28H25F2N7O. The van der Waals surface area contributed by atoms with Gasteiger partial charge >= 0.3 is 0 Å². The van der Waals surface area contributed by atoms with E-state index in [4.69, 9.17) is 9.97 Å². The summed E-state index contributed by atoms with van der Waals surface area (Å²) in [7, 11) is 0. The Hall–Kier alpha value is -4.47. The highest BCUT2D eigenvalue weighted by molar-refractivity contribution is 5.95. The number of amides is 1. The lowest BCUT2D eigenvalue weighted by Gasteiger charge is -2.30. The maximum Gasteiger partial charge on any atom is 0.271 e. The molecule has 1 fully saturated rings. The highest BCUT2D eigenvalue weighted by atomic mass is 19.1. The van der Waals surface area contributed by atoms with E-state index >= 15 is 0 Å². The molecule has 4 aromatic rings. The number of aromatic nitrogens is 3. The molecule has 0 bridgehead atoms. The Kier molecular flexibility index (Phi) is 6.36. The number of fused-ring (bicyclic) bond motifs is 1. The van der Waals surface area contributed by atoms with Gasteiger partial charge in [0, 0.05) is 46.9 Å². The zero-order valence-corrected chi connectivity index (χ0v) is 20.4. The van der Waals surface area contributed by atoms with Crippen molar-refractivity contribution in [2.75, 3.05) is 11.9 Å². The number of anilines is 1. The van der Waals surface area contributed by atoms with Crippen molar-refractivity contribution in [3.05, 3.63) is 78.1 Å². The van der Waals surface area contributed by atoms with Gasteiger partial charge in [0.1, 0.15) is 23.1 Å². The number of aromatic amines is 1. The minimum atomic E-state index is -0.672. The summed E-state index contributed by atoms with van der Waals surface area (Å²) in [4.78, 5) is 24.9. The number of azo groups is 1. The average molecular weight is 514 g/mol. The molecule has 2 aliphatic rings. The van der Waals surface area contributed by atoms with Gasteiger partial charge in [-0.15, -0.1) is 0 Å². The number of H-pyrrole nitrogens is 1. The van der Waals surface area contributed by atoms with Crippen LogP contribution in [0.1, 0.15) is 25.7 Å². The van der Waals surface area contributed by atoms with Gasteiger partial charge in [-0.3, -0.25) is 4.79 Å². The van der Waals surface area contributed by atoms with Gasteiger partial charge in [-0.2, -0.15) is 10.2 Å². The van der Waals surface area contributed by atoms with Gasteiger partial charge in [-0.05, 0) is 37.8 Å². The van der Waals surface area contributed by atoms with Crippen LogP contribution in [0.5, 0.6) is 0 Å². The molecule has 2 unspecified atom stereocenters. The quantitative estimate of drug-likeness (QED) is 0.305. The Morgan fingerprint density at radius 3 is 2.68 bits per heavy atom. The second kappa shape index (κ2) is 10.1. The van der Waals surface area contributed by atoms with Gasteiger partial charge in [0.05, 0.1) is 17.8 Å². The molecule has 2 aromatic heterocycles. The molecule has 0 spiro atoms. The minimum absolute atomic E-state index is 0.0000748. The maximum absolute atomic E-state index is 14.4. The number of nitrogens with zero attached hydrogens (tertiary/aromatic N) is 4. The molecule has 3 N–H and O–H groups in total. The van der Waals surface area contributed by atoms with Crippen LogP contribution in [0, 0.1) is 11.6 Å². The zero-order valence-electron chi connectivity index (χ0n) is 20.4. The number of carbonyl (C=O) groups excluding carboxylic acids is 1. The Labute approximate surface area is 217 Å². The molecule has 8 nitrogen and oxygen atoms in total. The zero-order chi connectivity index (χ0) is 26.1. The van der Waals surface area contributed by atoms with Crippen LogP contribution in [0.3, 0.4) is 0 Å². The predicted molar refractivity (Wildman–Crippen MR) is 140 cm³/mol. The average Bonchev–Trinajstić information content (AvgIpc) is 3.60. The minimum Gasteiger partial charge on any atom is -0.367 e. The molecule has 10 heteroatoms. The fraction of sp³-hybridized carbons (Fsp3) is 0.250. The van der Waals surface area contributed by atoms with Crippen molar-refractivity contribution in [1.82, 2.24) is 20.3 Å². The van der Waals surface area contributed by atoms with Crippen LogP contribution in [0.25, 0.3) is 33.5 Å². The Balaban J connectivity index is 1.30. The second-order valence-electron chi connectivity index (χ2n) is 9.53. The van der Waals surface area contributed by atoms with Crippen molar-refractivity contribution in [1.29, 1.82) is 0 Å². The lowest BCUT2D eigenvalue weighted by molar-refractivity contribution is -0.118. The number of hydrogen-bond donors (Lipinski definition) is 3. The summed E-state index contributed by atoms with van der Waals surface area (Å²) in [6, 6.07) is 13.7. The molecule has 1 aliphatic heterocycles. The summed E-state index contributed by atoms with van der Waals surface area (Å²) in [6.45, 7) is 0.438. The fourth-order valence-corrected chi connectivity index (χ4v) is 5.08. The summed E-state index contributed by atoms with van der Waals surface area (Å²) in [6.07, 6.45) is 6.77. The van der Waals surface area contributed by atoms with Crippen molar-refractivity contribution in [3.8, 4) is 22.6 Å². The molecule has 192 valence electrons. The number of nitrogens with one attached hydrogen (secondary N) is 3. The van der Waals surface area contributed by atoms with E-state index in [9.17, 15) is 13.6 Å². The van der Waals surface area contributed by atoms with E-state index in [2.05, 4.69) is 25.8 Å². The van der Waals surface area contributed by atoms with Crippen LogP contribution in [-0.2, 0) is 4.79 Å². The molecule has 1 amide bonds. The van der Waals surface area contributed by atoms with Gasteiger partial charge in [0.2, 0.25) is 0 Å². The number of rotatable bonds is 6. The van der Waals surface area contributed by atoms with E-state index in [1.165, 1.54) is 6.07 Å². The lowest BCUT2D eigenvalue weighted by Crippen LogP contribution is -2.42. The second-order valence-corrected chi connectivity index (χ2v) is 9.53. The van der Waals surface area contributed by atoms with Gasteiger partial charge in [-0.1, -0.05) is 30.3 Å². The summed E-state index contributed by atoms with van der Waals surface area (Å²) < 4.78 is 28.4. The van der Waals surface area contributed by atoms with E-state index in [0.717, 1.165) is 37.3 Å². The smallest absolute Gasteiger partial charge is 0.271 e. The first-order valence-electron chi connectivity index (χ1n) is 12.6. The molecule has 0 radical (unpaired) electrons. The van der Waals surface area contributed by atoms with Crippen LogP contribution in [0.15, 0.2) is 76.7 Å². The largest absolute Gasteiger partial charge is 0.367 e. The summed E-state index contributed by atoms with van der Waals surface area (Å²) in [5, 5.41) is 14.7. The van der Waals surface area contributed by atoms with Gasteiger partial charge in [0.25, 0.3) is 5.91 Å².